The Balaban J connectivity index is 1.46. The molecule has 0 radical (unpaired) electrons. The molecule has 6 aliphatic rings. The fraction of sp³-hybridized carbons (Fsp3) is 0.767. The molecule has 0 amide bonds. The van der Waals surface area contributed by atoms with E-state index in [1.54, 1.807) is 6.08 Å². The van der Waals surface area contributed by atoms with E-state index in [1.165, 1.54) is 19.4 Å². The van der Waals surface area contributed by atoms with Gasteiger partial charge in [-0.2, -0.15) is 0 Å². The predicted octanol–water partition coefficient (Wildman–Crippen LogP) is 3.51. The minimum atomic E-state index is -0.776. The molecule has 2 aliphatic heterocycles. The highest BCUT2D eigenvalue weighted by Gasteiger charge is 2.77. The monoisotopic (exact) mass is 528 g/mol. The number of carbonyl (C=O) groups is 3. The molecule has 4 aliphatic carbocycles. The zero-order valence-corrected chi connectivity index (χ0v) is 23.2. The van der Waals surface area contributed by atoms with E-state index in [0.717, 1.165) is 24.8 Å². The number of rotatable bonds is 3. The molecule has 3 saturated carbocycles. The highest BCUT2D eigenvalue weighted by molar-refractivity contribution is 5.85. The van der Waals surface area contributed by atoms with Crippen LogP contribution in [0.2, 0.25) is 0 Å². The smallest absolute Gasteiger partial charge is 0.331 e. The number of aliphatic hydroxyl groups is 1. The topological polar surface area (TPSA) is 108 Å². The van der Waals surface area contributed by atoms with Crippen molar-refractivity contribution in [2.75, 3.05) is 13.2 Å². The van der Waals surface area contributed by atoms with E-state index in [-0.39, 0.29) is 41.1 Å². The molecule has 1 saturated heterocycles. The molecule has 11 atom stereocenters. The van der Waals surface area contributed by atoms with Gasteiger partial charge in [0.05, 0.1) is 18.8 Å². The van der Waals surface area contributed by atoms with Gasteiger partial charge in [0.15, 0.2) is 0 Å². The van der Waals surface area contributed by atoms with Crippen LogP contribution in [0.5, 0.6) is 0 Å². The Labute approximate surface area is 224 Å². The summed E-state index contributed by atoms with van der Waals surface area (Å²) in [4.78, 5) is 36.4. The first-order valence-electron chi connectivity index (χ1n) is 14.0. The third kappa shape index (κ3) is 3.13. The van der Waals surface area contributed by atoms with Crippen LogP contribution in [-0.4, -0.2) is 60.6 Å². The van der Waals surface area contributed by atoms with Gasteiger partial charge in [0.25, 0.3) is 0 Å². The number of hydrogen-bond donors (Lipinski definition) is 1. The molecule has 0 spiro atoms. The van der Waals surface area contributed by atoms with E-state index in [9.17, 15) is 19.5 Å². The zero-order valence-electron chi connectivity index (χ0n) is 23.2. The molecule has 38 heavy (non-hydrogen) atoms. The van der Waals surface area contributed by atoms with Crippen molar-refractivity contribution in [2.45, 2.75) is 91.6 Å². The molecule has 2 heterocycles. The second-order valence-corrected chi connectivity index (χ2v) is 13.5. The Morgan fingerprint density at radius 3 is 2.39 bits per heavy atom. The van der Waals surface area contributed by atoms with E-state index in [0.29, 0.717) is 19.6 Å². The summed E-state index contributed by atoms with van der Waals surface area (Å²) in [5.41, 5.74) is 0.411. The number of ether oxygens (including phenoxy) is 4. The molecule has 4 fully saturated rings. The SMILES string of the molecule is CC(=O)O[C@H]1C[C@@H](OC(C)=O)[C@@]2(C)CO[C@H]3[C@@H](O)[C@@]4(C)C5=CC[C@@H](C6=CC(=O)OC6)[C@]5(C)CC[C@@H]4[C@]1(C)[C@@H]32. The standard InChI is InChI=1S/C30H40O8/c1-15(31)37-21-12-22(38-16(2)32)30(6)20-9-10-27(3)18(17-11-23(33)35-13-17)7-8-19(27)29(20,5)26(34)24-25(30)28(21,4)14-36-24/h8,11,18,20-22,24-26,34H,7,9-10,12-14H2,1-6H3/t18-,20-,21+,22-,24+,25-,26+,27-,28+,29-,30-/m0/s1. The Bertz CT molecular complexity index is 1160. The lowest BCUT2D eigenvalue weighted by Gasteiger charge is -2.69. The fourth-order valence-corrected chi connectivity index (χ4v) is 10.4. The normalized spacial score (nSPS) is 50.7. The number of allylic oxidation sites excluding steroid dienone is 1. The zero-order chi connectivity index (χ0) is 27.4. The van der Waals surface area contributed by atoms with Gasteiger partial charge in [-0.1, -0.05) is 39.3 Å². The maximum Gasteiger partial charge on any atom is 0.331 e. The van der Waals surface area contributed by atoms with Gasteiger partial charge >= 0.3 is 17.9 Å². The van der Waals surface area contributed by atoms with Crippen molar-refractivity contribution in [3.63, 3.8) is 0 Å². The lowest BCUT2D eigenvalue weighted by molar-refractivity contribution is -0.263. The first kappa shape index (κ1) is 26.1. The average Bonchev–Trinajstić information content (AvgIpc) is 3.51. The van der Waals surface area contributed by atoms with Crippen molar-refractivity contribution in [1.82, 2.24) is 0 Å². The molecule has 0 unspecified atom stereocenters. The maximum absolute atomic E-state index is 12.4. The Hall–Kier alpha value is -2.19. The second kappa shape index (κ2) is 8.17. The summed E-state index contributed by atoms with van der Waals surface area (Å²) in [6.07, 6.45) is 4.66. The van der Waals surface area contributed by atoms with E-state index >= 15 is 0 Å². The van der Waals surface area contributed by atoms with E-state index in [1.807, 2.05) is 0 Å². The van der Waals surface area contributed by atoms with Gasteiger partial charge < -0.3 is 24.1 Å². The molecular formula is C30H40O8. The summed E-state index contributed by atoms with van der Waals surface area (Å²) in [5.74, 6) is -0.996. The van der Waals surface area contributed by atoms with Crippen LogP contribution in [0.15, 0.2) is 23.3 Å². The van der Waals surface area contributed by atoms with Crippen LogP contribution in [0.3, 0.4) is 0 Å². The summed E-state index contributed by atoms with van der Waals surface area (Å²) in [6.45, 7) is 12.3. The van der Waals surface area contributed by atoms with Crippen molar-refractivity contribution in [3.05, 3.63) is 23.3 Å². The Morgan fingerprint density at radius 1 is 1.08 bits per heavy atom. The van der Waals surface area contributed by atoms with Crippen molar-refractivity contribution in [3.8, 4) is 0 Å². The molecule has 0 bridgehead atoms. The summed E-state index contributed by atoms with van der Waals surface area (Å²) >= 11 is 0. The molecule has 0 aromatic carbocycles. The van der Waals surface area contributed by atoms with Gasteiger partial charge in [0, 0.05) is 48.5 Å². The van der Waals surface area contributed by atoms with Crippen molar-refractivity contribution in [1.29, 1.82) is 0 Å². The van der Waals surface area contributed by atoms with Gasteiger partial charge in [-0.25, -0.2) is 4.79 Å². The molecule has 8 nitrogen and oxygen atoms in total. The predicted molar refractivity (Wildman–Crippen MR) is 135 cm³/mol. The number of hydrogen-bond acceptors (Lipinski definition) is 8. The quantitative estimate of drug-likeness (QED) is 0.337. The van der Waals surface area contributed by atoms with Crippen molar-refractivity contribution < 1.29 is 38.4 Å². The average molecular weight is 529 g/mol. The van der Waals surface area contributed by atoms with Crippen molar-refractivity contribution >= 4 is 17.9 Å². The summed E-state index contributed by atoms with van der Waals surface area (Å²) in [5, 5.41) is 12.2. The third-order valence-electron chi connectivity index (χ3n) is 11.8. The molecule has 6 rings (SSSR count). The Kier molecular flexibility index (Phi) is 5.60. The number of carbonyl (C=O) groups excluding carboxylic acids is 3. The number of aliphatic hydroxyl groups excluding tert-OH is 1. The molecule has 208 valence electrons. The third-order valence-corrected chi connectivity index (χ3v) is 11.8. The van der Waals surface area contributed by atoms with Crippen LogP contribution in [0.1, 0.15) is 67.2 Å². The number of esters is 3. The second-order valence-electron chi connectivity index (χ2n) is 13.5. The lowest BCUT2D eigenvalue weighted by atomic mass is 9.36. The van der Waals surface area contributed by atoms with E-state index < -0.39 is 40.7 Å². The summed E-state index contributed by atoms with van der Waals surface area (Å²) < 4.78 is 23.7. The van der Waals surface area contributed by atoms with Crippen LogP contribution < -0.4 is 0 Å². The summed E-state index contributed by atoms with van der Waals surface area (Å²) in [7, 11) is 0. The van der Waals surface area contributed by atoms with Crippen LogP contribution in [0, 0.1) is 39.4 Å². The Morgan fingerprint density at radius 2 is 1.76 bits per heavy atom. The highest BCUT2D eigenvalue weighted by Crippen LogP contribution is 2.75. The van der Waals surface area contributed by atoms with Crippen molar-refractivity contribution in [2.24, 2.45) is 39.4 Å². The van der Waals surface area contributed by atoms with Gasteiger partial charge in [0.1, 0.15) is 18.8 Å². The van der Waals surface area contributed by atoms with Gasteiger partial charge in [-0.05, 0) is 42.1 Å². The molecule has 1 N–H and O–H groups in total. The number of fused-ring (bicyclic) bond motifs is 4. The van der Waals surface area contributed by atoms with Crippen LogP contribution in [0.25, 0.3) is 0 Å². The van der Waals surface area contributed by atoms with Gasteiger partial charge in [-0.3, -0.25) is 9.59 Å². The minimum Gasteiger partial charge on any atom is -0.462 e. The lowest BCUT2D eigenvalue weighted by Crippen LogP contribution is -2.73. The van der Waals surface area contributed by atoms with Crippen LogP contribution in [-0.2, 0) is 33.3 Å². The van der Waals surface area contributed by atoms with Crippen LogP contribution in [0.4, 0.5) is 0 Å². The molecule has 8 heteroatoms. The molecule has 0 aromatic heterocycles. The van der Waals surface area contributed by atoms with Crippen LogP contribution >= 0.6 is 0 Å². The maximum atomic E-state index is 12.4. The summed E-state index contributed by atoms with van der Waals surface area (Å²) in [6, 6.07) is 0. The first-order valence-corrected chi connectivity index (χ1v) is 14.0. The minimum absolute atomic E-state index is 0.0171. The first-order chi connectivity index (χ1) is 17.8. The van der Waals surface area contributed by atoms with E-state index in [2.05, 4.69) is 33.8 Å². The molecule has 0 aromatic rings. The largest absolute Gasteiger partial charge is 0.462 e. The van der Waals surface area contributed by atoms with Gasteiger partial charge in [-0.15, -0.1) is 0 Å². The van der Waals surface area contributed by atoms with Gasteiger partial charge in [0.2, 0.25) is 0 Å². The fourth-order valence-electron chi connectivity index (χ4n) is 10.4. The molecular weight excluding hydrogens is 488 g/mol. The van der Waals surface area contributed by atoms with E-state index in [4.69, 9.17) is 18.9 Å². The highest BCUT2D eigenvalue weighted by atomic mass is 16.6. The number of cyclic esters (lactones) is 1.